The molecular weight excluding hydrogens is 656 g/mol. The van der Waals surface area contributed by atoms with Gasteiger partial charge in [0.2, 0.25) is 17.6 Å². The Kier molecular flexibility index (Phi) is 12.3. The highest BCUT2D eigenvalue weighted by atomic mass is 35.5. The van der Waals surface area contributed by atoms with Crippen molar-refractivity contribution in [3.63, 3.8) is 0 Å². The molecule has 3 N–H and O–H groups in total. The van der Waals surface area contributed by atoms with Crippen molar-refractivity contribution in [1.29, 1.82) is 0 Å². The summed E-state index contributed by atoms with van der Waals surface area (Å²) in [4.78, 5) is 51.7. The van der Waals surface area contributed by atoms with Gasteiger partial charge in [-0.3, -0.25) is 19.2 Å². The zero-order valence-corrected chi connectivity index (χ0v) is 26.0. The van der Waals surface area contributed by atoms with Gasteiger partial charge in [-0.25, -0.2) is 0 Å². The SMILES string of the molecule is CC(C)[C@H](NC(=O)C(NC(=O)CC(c1ccc(Cl)cc1)c1cccc(Cl)c1)c1ccccc1)C(=O)C(F)(F)C(=O)NCC(F)(F)F. The van der Waals surface area contributed by atoms with Crippen LogP contribution in [-0.2, 0) is 19.2 Å². The van der Waals surface area contributed by atoms with Crippen LogP contribution in [0.15, 0.2) is 78.9 Å². The number of Topliss-reactive ketones (excluding diaryl/α,β-unsaturated/α-hetero) is 1. The molecule has 14 heteroatoms. The summed E-state index contributed by atoms with van der Waals surface area (Å²) < 4.78 is 66.9. The van der Waals surface area contributed by atoms with Crippen molar-refractivity contribution < 1.29 is 41.1 Å². The summed E-state index contributed by atoms with van der Waals surface area (Å²) in [5.41, 5.74) is 1.63. The molecule has 0 aliphatic heterocycles. The molecule has 0 fully saturated rings. The molecule has 46 heavy (non-hydrogen) atoms. The molecule has 3 rings (SSSR count). The van der Waals surface area contributed by atoms with Crippen molar-refractivity contribution >= 4 is 46.7 Å². The van der Waals surface area contributed by atoms with E-state index in [0.29, 0.717) is 21.2 Å². The molecule has 0 saturated heterocycles. The summed E-state index contributed by atoms with van der Waals surface area (Å²) in [5, 5.41) is 6.65. The molecule has 0 spiro atoms. The summed E-state index contributed by atoms with van der Waals surface area (Å²) in [6, 6.07) is 17.8. The van der Waals surface area contributed by atoms with Gasteiger partial charge >= 0.3 is 12.1 Å². The van der Waals surface area contributed by atoms with Gasteiger partial charge in [0, 0.05) is 22.4 Å². The minimum atomic E-state index is -5.00. The second-order valence-electron chi connectivity index (χ2n) is 10.7. The molecule has 0 aliphatic carbocycles. The molecular formula is C32H30Cl2F5N3O4. The first-order valence-electron chi connectivity index (χ1n) is 13.9. The lowest BCUT2D eigenvalue weighted by Crippen LogP contribution is -2.58. The molecule has 0 aromatic heterocycles. The third-order valence-corrected chi connectivity index (χ3v) is 7.39. The van der Waals surface area contributed by atoms with Gasteiger partial charge in [0.1, 0.15) is 12.6 Å². The van der Waals surface area contributed by atoms with Gasteiger partial charge in [-0.05, 0) is 46.9 Å². The second-order valence-corrected chi connectivity index (χ2v) is 11.6. The first-order chi connectivity index (χ1) is 21.5. The van der Waals surface area contributed by atoms with Crippen LogP contribution in [0.3, 0.4) is 0 Å². The third kappa shape index (κ3) is 9.98. The van der Waals surface area contributed by atoms with E-state index in [1.54, 1.807) is 66.7 Å². The van der Waals surface area contributed by atoms with E-state index in [4.69, 9.17) is 23.2 Å². The Labute approximate surface area is 271 Å². The van der Waals surface area contributed by atoms with Crippen LogP contribution in [-0.4, -0.2) is 48.2 Å². The highest BCUT2D eigenvalue weighted by Gasteiger charge is 2.52. The van der Waals surface area contributed by atoms with Crippen LogP contribution in [0.1, 0.15) is 48.9 Å². The van der Waals surface area contributed by atoms with Crippen molar-refractivity contribution in [2.75, 3.05) is 6.54 Å². The summed E-state index contributed by atoms with van der Waals surface area (Å²) in [6.45, 7) is 0.510. The third-order valence-electron chi connectivity index (χ3n) is 6.90. The fourth-order valence-electron chi connectivity index (χ4n) is 4.57. The van der Waals surface area contributed by atoms with E-state index in [1.165, 1.54) is 26.0 Å². The van der Waals surface area contributed by atoms with Gasteiger partial charge < -0.3 is 16.0 Å². The Morgan fingerprint density at radius 2 is 1.35 bits per heavy atom. The lowest BCUT2D eigenvalue weighted by atomic mass is 9.88. The van der Waals surface area contributed by atoms with E-state index < -0.39 is 66.1 Å². The Bertz CT molecular complexity index is 1540. The highest BCUT2D eigenvalue weighted by Crippen LogP contribution is 2.31. The predicted molar refractivity (Wildman–Crippen MR) is 162 cm³/mol. The van der Waals surface area contributed by atoms with E-state index in [-0.39, 0.29) is 12.0 Å². The quantitative estimate of drug-likeness (QED) is 0.143. The lowest BCUT2D eigenvalue weighted by Gasteiger charge is -2.28. The van der Waals surface area contributed by atoms with Crippen LogP contribution < -0.4 is 16.0 Å². The molecule has 0 radical (unpaired) electrons. The molecule has 7 nitrogen and oxygen atoms in total. The number of benzene rings is 3. The molecule has 2 unspecified atom stereocenters. The fraction of sp³-hybridized carbons (Fsp3) is 0.312. The molecule has 0 heterocycles. The molecule has 0 aliphatic rings. The number of nitrogens with one attached hydrogen (secondary N) is 3. The van der Waals surface area contributed by atoms with Crippen LogP contribution in [0.2, 0.25) is 10.0 Å². The number of ketones is 1. The topological polar surface area (TPSA) is 104 Å². The summed E-state index contributed by atoms with van der Waals surface area (Å²) in [5.74, 6) is -12.7. The first-order valence-corrected chi connectivity index (χ1v) is 14.7. The Balaban J connectivity index is 1.88. The van der Waals surface area contributed by atoms with Crippen molar-refractivity contribution in [2.45, 2.75) is 50.4 Å². The molecule has 3 atom stereocenters. The van der Waals surface area contributed by atoms with Crippen LogP contribution in [0.4, 0.5) is 22.0 Å². The fourth-order valence-corrected chi connectivity index (χ4v) is 4.89. The summed E-state index contributed by atoms with van der Waals surface area (Å²) in [6.07, 6.45) is -5.19. The highest BCUT2D eigenvalue weighted by molar-refractivity contribution is 6.30. The Hall–Kier alpha value is -4.03. The average molecular weight is 687 g/mol. The minimum absolute atomic E-state index is 0.192. The van der Waals surface area contributed by atoms with Gasteiger partial charge in [-0.1, -0.05) is 91.6 Å². The molecule has 3 aromatic rings. The predicted octanol–water partition coefficient (Wildman–Crippen LogP) is 6.40. The molecule has 0 saturated carbocycles. The normalized spacial score (nSPS) is 13.8. The van der Waals surface area contributed by atoms with Gasteiger partial charge in [-0.2, -0.15) is 22.0 Å². The zero-order chi connectivity index (χ0) is 34.2. The number of hydrogen-bond donors (Lipinski definition) is 3. The standard InChI is InChI=1S/C32H30Cl2F5N3O4/c1-18(2)26(28(44)32(38,39)30(46)40-17-31(35,36)37)42-29(45)27(20-7-4-3-5-8-20)41-25(43)16-24(19-11-13-22(33)14-12-19)21-9-6-10-23(34)15-21/h3-15,18,24,26-27H,16-17H2,1-2H3,(H,40,46)(H,41,43)(H,42,45)/t24?,26-,27?/m0/s1. The van der Waals surface area contributed by atoms with E-state index in [9.17, 15) is 41.1 Å². The van der Waals surface area contributed by atoms with E-state index in [0.717, 1.165) is 5.32 Å². The largest absolute Gasteiger partial charge is 0.405 e. The second kappa shape index (κ2) is 15.5. The van der Waals surface area contributed by atoms with Crippen LogP contribution in [0.25, 0.3) is 0 Å². The van der Waals surface area contributed by atoms with E-state index in [1.807, 2.05) is 0 Å². The van der Waals surface area contributed by atoms with Crippen molar-refractivity contribution in [3.05, 3.63) is 106 Å². The monoisotopic (exact) mass is 685 g/mol. The molecule has 0 bridgehead atoms. The van der Waals surface area contributed by atoms with Gasteiger partial charge in [0.05, 0.1) is 6.04 Å². The van der Waals surface area contributed by atoms with Gasteiger partial charge in [-0.15, -0.1) is 0 Å². The smallest absolute Gasteiger partial charge is 0.344 e. The van der Waals surface area contributed by atoms with Crippen LogP contribution in [0.5, 0.6) is 0 Å². The number of carbonyl (C=O) groups excluding carboxylic acids is 4. The summed E-state index contributed by atoms with van der Waals surface area (Å²) in [7, 11) is 0. The first kappa shape index (κ1) is 36.4. The number of rotatable bonds is 13. The molecule has 3 aromatic carbocycles. The number of carbonyl (C=O) groups is 4. The minimum Gasteiger partial charge on any atom is -0.344 e. The van der Waals surface area contributed by atoms with Gasteiger partial charge in [0.25, 0.3) is 5.91 Å². The summed E-state index contributed by atoms with van der Waals surface area (Å²) >= 11 is 12.2. The van der Waals surface area contributed by atoms with Crippen molar-refractivity contribution in [1.82, 2.24) is 16.0 Å². The van der Waals surface area contributed by atoms with Crippen LogP contribution >= 0.6 is 23.2 Å². The zero-order valence-electron chi connectivity index (χ0n) is 24.5. The molecule has 3 amide bonds. The lowest BCUT2D eigenvalue weighted by molar-refractivity contribution is -0.165. The maximum atomic E-state index is 14.7. The number of amides is 3. The number of alkyl halides is 5. The Morgan fingerprint density at radius 3 is 1.91 bits per heavy atom. The number of hydrogen-bond acceptors (Lipinski definition) is 4. The van der Waals surface area contributed by atoms with Gasteiger partial charge in [0.15, 0.2) is 0 Å². The molecule has 246 valence electrons. The van der Waals surface area contributed by atoms with E-state index >= 15 is 0 Å². The average Bonchev–Trinajstić information content (AvgIpc) is 3.00. The van der Waals surface area contributed by atoms with Crippen LogP contribution in [0, 0.1) is 5.92 Å². The number of halogens is 7. The Morgan fingerprint density at radius 1 is 0.739 bits per heavy atom. The maximum Gasteiger partial charge on any atom is 0.405 e. The van der Waals surface area contributed by atoms with E-state index in [2.05, 4.69) is 10.6 Å². The maximum absolute atomic E-state index is 14.7. The van der Waals surface area contributed by atoms with Crippen molar-refractivity contribution in [3.8, 4) is 0 Å². The van der Waals surface area contributed by atoms with Crippen molar-refractivity contribution in [2.24, 2.45) is 5.92 Å².